The summed E-state index contributed by atoms with van der Waals surface area (Å²) in [5.41, 5.74) is 3.10. The Bertz CT molecular complexity index is 319. The van der Waals surface area contributed by atoms with Gasteiger partial charge in [0, 0.05) is 6.04 Å². The van der Waals surface area contributed by atoms with Crippen LogP contribution in [0.5, 0.6) is 0 Å². The van der Waals surface area contributed by atoms with Crippen molar-refractivity contribution in [3.05, 3.63) is 35.4 Å². The van der Waals surface area contributed by atoms with Crippen molar-refractivity contribution in [2.45, 2.75) is 45.1 Å². The van der Waals surface area contributed by atoms with Gasteiger partial charge in [0.1, 0.15) is 0 Å². The zero-order chi connectivity index (χ0) is 10.7. The van der Waals surface area contributed by atoms with Crippen molar-refractivity contribution < 1.29 is 0 Å². The molecule has 1 aromatic carbocycles. The highest BCUT2D eigenvalue weighted by atomic mass is 14.9. The van der Waals surface area contributed by atoms with Gasteiger partial charge in [-0.15, -0.1) is 0 Å². The van der Waals surface area contributed by atoms with Gasteiger partial charge in [-0.25, -0.2) is 0 Å². The van der Waals surface area contributed by atoms with Gasteiger partial charge in [0.2, 0.25) is 0 Å². The molecule has 0 bridgehead atoms. The topological polar surface area (TPSA) is 12.0 Å². The molecule has 1 heteroatoms. The summed E-state index contributed by atoms with van der Waals surface area (Å²) in [6, 6.07) is 9.55. The molecular weight excluding hydrogens is 182 g/mol. The summed E-state index contributed by atoms with van der Waals surface area (Å²) in [7, 11) is 0. The quantitative estimate of drug-likeness (QED) is 0.779. The molecule has 2 unspecified atom stereocenters. The predicted molar refractivity (Wildman–Crippen MR) is 65.3 cm³/mol. The maximum atomic E-state index is 3.58. The van der Waals surface area contributed by atoms with Crippen LogP contribution in [0.2, 0.25) is 0 Å². The molecule has 0 spiro atoms. The molecule has 1 saturated heterocycles. The molecule has 2 atom stereocenters. The van der Waals surface area contributed by atoms with Gasteiger partial charge in [0.25, 0.3) is 0 Å². The van der Waals surface area contributed by atoms with E-state index in [9.17, 15) is 0 Å². The average molecular weight is 203 g/mol. The lowest BCUT2D eigenvalue weighted by atomic mass is 9.83. The van der Waals surface area contributed by atoms with E-state index in [-0.39, 0.29) is 0 Å². The lowest BCUT2D eigenvalue weighted by Gasteiger charge is -2.31. The first-order valence-electron chi connectivity index (χ1n) is 6.14. The van der Waals surface area contributed by atoms with Gasteiger partial charge in [-0.1, -0.05) is 31.2 Å². The van der Waals surface area contributed by atoms with Crippen molar-refractivity contribution in [3.63, 3.8) is 0 Å². The van der Waals surface area contributed by atoms with Crippen molar-refractivity contribution in [1.82, 2.24) is 5.32 Å². The number of rotatable bonds is 2. The lowest BCUT2D eigenvalue weighted by molar-refractivity contribution is 0.370. The molecule has 1 nitrogen and oxygen atoms in total. The second-order valence-corrected chi connectivity index (χ2v) is 4.54. The van der Waals surface area contributed by atoms with Crippen LogP contribution in [0.3, 0.4) is 0 Å². The smallest absolute Gasteiger partial charge is 0.0108 e. The van der Waals surface area contributed by atoms with E-state index in [2.05, 4.69) is 43.4 Å². The third kappa shape index (κ3) is 2.23. The minimum Gasteiger partial charge on any atom is -0.314 e. The Morgan fingerprint density at radius 1 is 1.33 bits per heavy atom. The van der Waals surface area contributed by atoms with Crippen LogP contribution in [-0.2, 0) is 6.42 Å². The number of nitrogens with one attached hydrogen (secondary N) is 1. The van der Waals surface area contributed by atoms with Crippen molar-refractivity contribution in [2.24, 2.45) is 0 Å². The normalized spacial score (nSPS) is 26.5. The van der Waals surface area contributed by atoms with E-state index in [1.54, 1.807) is 5.56 Å². The summed E-state index contributed by atoms with van der Waals surface area (Å²) >= 11 is 0. The first-order chi connectivity index (χ1) is 7.33. The highest BCUT2D eigenvalue weighted by Crippen LogP contribution is 2.30. The van der Waals surface area contributed by atoms with Crippen LogP contribution in [-0.4, -0.2) is 12.6 Å². The fourth-order valence-corrected chi connectivity index (χ4v) is 2.69. The van der Waals surface area contributed by atoms with Gasteiger partial charge in [-0.2, -0.15) is 0 Å². The first kappa shape index (κ1) is 10.7. The van der Waals surface area contributed by atoms with Gasteiger partial charge in [-0.3, -0.25) is 0 Å². The highest BCUT2D eigenvalue weighted by Gasteiger charge is 2.23. The number of piperidine rings is 1. The average Bonchev–Trinajstić information content (AvgIpc) is 2.30. The predicted octanol–water partition coefficient (Wildman–Crippen LogP) is 3.10. The van der Waals surface area contributed by atoms with Crippen LogP contribution in [0, 0.1) is 0 Å². The maximum Gasteiger partial charge on any atom is 0.0108 e. The van der Waals surface area contributed by atoms with Crippen molar-refractivity contribution >= 4 is 0 Å². The molecule has 2 rings (SSSR count). The zero-order valence-electron chi connectivity index (χ0n) is 9.79. The largest absolute Gasteiger partial charge is 0.314 e. The third-order valence-electron chi connectivity index (χ3n) is 3.60. The van der Waals surface area contributed by atoms with Crippen LogP contribution in [0.4, 0.5) is 0 Å². The number of benzene rings is 1. The Balaban J connectivity index is 2.26. The maximum absolute atomic E-state index is 3.58. The minimum absolute atomic E-state index is 0.631. The van der Waals surface area contributed by atoms with Gasteiger partial charge < -0.3 is 5.32 Å². The first-order valence-corrected chi connectivity index (χ1v) is 6.14. The summed E-state index contributed by atoms with van der Waals surface area (Å²) in [5.74, 6) is 0.717. The summed E-state index contributed by atoms with van der Waals surface area (Å²) in [4.78, 5) is 0. The Morgan fingerprint density at radius 2 is 2.13 bits per heavy atom. The Labute approximate surface area is 92.9 Å². The highest BCUT2D eigenvalue weighted by molar-refractivity contribution is 5.31. The van der Waals surface area contributed by atoms with Crippen molar-refractivity contribution in [3.8, 4) is 0 Å². The number of aryl methyl sites for hydroxylation is 1. The molecule has 0 saturated carbocycles. The second-order valence-electron chi connectivity index (χ2n) is 4.54. The van der Waals surface area contributed by atoms with Crippen LogP contribution >= 0.6 is 0 Å². The van der Waals surface area contributed by atoms with Crippen LogP contribution < -0.4 is 5.32 Å². The molecule has 0 amide bonds. The number of hydrogen-bond donors (Lipinski definition) is 1. The molecule has 1 N–H and O–H groups in total. The van der Waals surface area contributed by atoms with Gasteiger partial charge >= 0.3 is 0 Å². The van der Waals surface area contributed by atoms with Crippen molar-refractivity contribution in [1.29, 1.82) is 0 Å². The Kier molecular flexibility index (Phi) is 3.42. The summed E-state index contributed by atoms with van der Waals surface area (Å²) < 4.78 is 0. The third-order valence-corrected chi connectivity index (χ3v) is 3.60. The molecule has 0 radical (unpaired) electrons. The molecular formula is C14H21N. The minimum atomic E-state index is 0.631. The fourth-order valence-electron chi connectivity index (χ4n) is 2.69. The van der Waals surface area contributed by atoms with E-state index < -0.39 is 0 Å². The van der Waals surface area contributed by atoms with E-state index in [4.69, 9.17) is 0 Å². The van der Waals surface area contributed by atoms with Crippen LogP contribution in [0.1, 0.15) is 43.7 Å². The Morgan fingerprint density at radius 3 is 2.87 bits per heavy atom. The molecule has 1 aliphatic heterocycles. The second kappa shape index (κ2) is 4.80. The van der Waals surface area contributed by atoms with E-state index in [0.717, 1.165) is 12.3 Å². The fraction of sp³-hybridized carbons (Fsp3) is 0.571. The van der Waals surface area contributed by atoms with E-state index in [1.165, 1.54) is 24.9 Å². The Hall–Kier alpha value is -0.820. The molecule has 1 fully saturated rings. The lowest BCUT2D eigenvalue weighted by Crippen LogP contribution is -2.37. The molecule has 0 aliphatic carbocycles. The van der Waals surface area contributed by atoms with Gasteiger partial charge in [0.15, 0.2) is 0 Å². The zero-order valence-corrected chi connectivity index (χ0v) is 9.79. The molecule has 82 valence electrons. The van der Waals surface area contributed by atoms with Crippen LogP contribution in [0.15, 0.2) is 24.3 Å². The summed E-state index contributed by atoms with van der Waals surface area (Å²) in [5, 5.41) is 3.58. The summed E-state index contributed by atoms with van der Waals surface area (Å²) in [6.07, 6.45) is 3.80. The van der Waals surface area contributed by atoms with Crippen molar-refractivity contribution in [2.75, 3.05) is 6.54 Å². The number of hydrogen-bond acceptors (Lipinski definition) is 1. The van der Waals surface area contributed by atoms with Gasteiger partial charge in [0.05, 0.1) is 0 Å². The molecule has 1 aromatic rings. The van der Waals surface area contributed by atoms with E-state index in [0.29, 0.717) is 6.04 Å². The summed E-state index contributed by atoms with van der Waals surface area (Å²) in [6.45, 7) is 5.75. The molecule has 1 heterocycles. The SMILES string of the molecule is CCc1ccccc1C1CCCNC1C. The van der Waals surface area contributed by atoms with Crippen LogP contribution in [0.25, 0.3) is 0 Å². The van der Waals surface area contributed by atoms with E-state index >= 15 is 0 Å². The van der Waals surface area contributed by atoms with Gasteiger partial charge in [-0.05, 0) is 49.8 Å². The molecule has 15 heavy (non-hydrogen) atoms. The monoisotopic (exact) mass is 203 g/mol. The van der Waals surface area contributed by atoms with E-state index in [1.807, 2.05) is 0 Å². The molecule has 1 aliphatic rings. The standard InChI is InChI=1S/C14H21N/c1-3-12-7-4-5-8-14(12)13-9-6-10-15-11(13)2/h4-5,7-8,11,13,15H,3,6,9-10H2,1-2H3. The molecule has 0 aromatic heterocycles.